The molecule has 0 spiro atoms. The number of nitrogens with zero attached hydrogens (tertiary/aromatic N) is 4. The van der Waals surface area contributed by atoms with Crippen molar-refractivity contribution in [2.24, 2.45) is 5.92 Å². The third kappa shape index (κ3) is 4.78. The number of likely N-dealkylation sites (N-methyl/N-ethyl adjacent to an activating group) is 1. The van der Waals surface area contributed by atoms with Crippen molar-refractivity contribution in [1.82, 2.24) is 14.9 Å². The second-order valence-electron chi connectivity index (χ2n) is 9.51. The van der Waals surface area contributed by atoms with Crippen LogP contribution in [0.4, 0.5) is 0 Å². The van der Waals surface area contributed by atoms with Gasteiger partial charge in [0.2, 0.25) is 0 Å². The van der Waals surface area contributed by atoms with Crippen molar-refractivity contribution in [3.05, 3.63) is 71.1 Å². The number of ether oxygens (including phenoxy) is 1. The van der Waals surface area contributed by atoms with Crippen LogP contribution in [0.3, 0.4) is 0 Å². The fourth-order valence-corrected chi connectivity index (χ4v) is 5.37. The molecular weight excluding hydrogens is 408 g/mol. The molecule has 5 nitrogen and oxygen atoms in total. The van der Waals surface area contributed by atoms with E-state index >= 15 is 0 Å². The molecule has 0 aromatic heterocycles. The SMILES string of the molecule is CN1CC(c2ccc(OCCN3CCCCC3)cc2)=C2C(C3=CCC(C#N)CC3)=CC=CN21. The summed E-state index contributed by atoms with van der Waals surface area (Å²) in [5.41, 5.74) is 6.54. The molecule has 1 fully saturated rings. The minimum Gasteiger partial charge on any atom is -0.492 e. The third-order valence-corrected chi connectivity index (χ3v) is 7.28. The van der Waals surface area contributed by atoms with Crippen LogP contribution in [0.15, 0.2) is 65.5 Å². The molecule has 3 aliphatic heterocycles. The van der Waals surface area contributed by atoms with Crippen molar-refractivity contribution >= 4 is 5.57 Å². The second-order valence-corrected chi connectivity index (χ2v) is 9.51. The number of hydrogen-bond donors (Lipinski definition) is 0. The number of hydrazine groups is 1. The molecular formula is C28H34N4O. The smallest absolute Gasteiger partial charge is 0.119 e. The predicted molar refractivity (Wildman–Crippen MR) is 132 cm³/mol. The Bertz CT molecular complexity index is 1020. The van der Waals surface area contributed by atoms with E-state index in [9.17, 15) is 5.26 Å². The minimum atomic E-state index is 0.159. The summed E-state index contributed by atoms with van der Waals surface area (Å²) in [5, 5.41) is 13.8. The van der Waals surface area contributed by atoms with Gasteiger partial charge in [-0.05, 0) is 74.5 Å². The first-order valence-corrected chi connectivity index (χ1v) is 12.4. The van der Waals surface area contributed by atoms with Crippen molar-refractivity contribution in [2.45, 2.75) is 38.5 Å². The highest BCUT2D eigenvalue weighted by molar-refractivity contribution is 5.78. The lowest BCUT2D eigenvalue weighted by atomic mass is 9.84. The summed E-state index contributed by atoms with van der Waals surface area (Å²) >= 11 is 0. The maximum absolute atomic E-state index is 9.26. The minimum absolute atomic E-state index is 0.159. The third-order valence-electron chi connectivity index (χ3n) is 7.28. The van der Waals surface area contributed by atoms with Crippen LogP contribution in [0.25, 0.3) is 5.57 Å². The number of hydrogen-bond acceptors (Lipinski definition) is 5. The van der Waals surface area contributed by atoms with Gasteiger partial charge in [-0.3, -0.25) is 9.91 Å². The zero-order chi connectivity index (χ0) is 22.6. The van der Waals surface area contributed by atoms with E-state index in [1.807, 2.05) is 0 Å². The highest BCUT2D eigenvalue weighted by Gasteiger charge is 2.32. The summed E-state index contributed by atoms with van der Waals surface area (Å²) in [6, 6.07) is 11.1. The Morgan fingerprint density at radius 3 is 2.67 bits per heavy atom. The Labute approximate surface area is 197 Å². The van der Waals surface area contributed by atoms with E-state index in [0.717, 1.165) is 44.7 Å². The highest BCUT2D eigenvalue weighted by atomic mass is 16.5. The molecule has 1 unspecified atom stereocenters. The molecule has 0 bridgehead atoms. The first kappa shape index (κ1) is 22.0. The van der Waals surface area contributed by atoms with Gasteiger partial charge in [0.05, 0.1) is 17.7 Å². The fourth-order valence-electron chi connectivity index (χ4n) is 5.37. The van der Waals surface area contributed by atoms with Crippen LogP contribution in [0.1, 0.15) is 44.1 Å². The topological polar surface area (TPSA) is 42.7 Å². The second kappa shape index (κ2) is 9.99. The molecule has 1 aromatic rings. The first-order valence-electron chi connectivity index (χ1n) is 12.4. The standard InChI is InChI=1S/C28H34N4O/c1-30-21-27(24-11-13-25(14-12-24)33-19-18-31-15-3-2-4-16-31)28-26(6-5-17-32(28)30)23-9-7-22(20-29)8-10-23/h5-6,9,11-14,17,22H,2-4,7-8,10,15-16,18-19,21H2,1H3. The quantitative estimate of drug-likeness (QED) is 0.611. The normalized spacial score (nSPS) is 23.8. The number of benzene rings is 1. The number of piperidine rings is 1. The maximum Gasteiger partial charge on any atom is 0.119 e. The molecule has 0 N–H and O–H groups in total. The van der Waals surface area contributed by atoms with Crippen LogP contribution < -0.4 is 4.74 Å². The van der Waals surface area contributed by atoms with Crippen LogP contribution in [-0.4, -0.2) is 54.8 Å². The number of nitriles is 1. The Morgan fingerprint density at radius 2 is 1.94 bits per heavy atom. The van der Waals surface area contributed by atoms with Crippen molar-refractivity contribution in [3.8, 4) is 11.8 Å². The lowest BCUT2D eigenvalue weighted by molar-refractivity contribution is 0.131. The Kier molecular flexibility index (Phi) is 6.66. The Balaban J connectivity index is 1.32. The summed E-state index contributed by atoms with van der Waals surface area (Å²) in [6.45, 7) is 5.06. The van der Waals surface area contributed by atoms with E-state index in [2.05, 4.69) is 76.7 Å². The average Bonchev–Trinajstić information content (AvgIpc) is 3.22. The van der Waals surface area contributed by atoms with E-state index in [1.54, 1.807) is 0 Å². The zero-order valence-corrected chi connectivity index (χ0v) is 19.7. The van der Waals surface area contributed by atoms with Crippen molar-refractivity contribution in [2.75, 3.05) is 39.8 Å². The number of likely N-dealkylation sites (tertiary alicyclic amines) is 1. The molecule has 33 heavy (non-hydrogen) atoms. The summed E-state index contributed by atoms with van der Waals surface area (Å²) < 4.78 is 6.05. The summed E-state index contributed by atoms with van der Waals surface area (Å²) in [7, 11) is 2.14. The van der Waals surface area contributed by atoms with Gasteiger partial charge in [0.25, 0.3) is 0 Å². The fraction of sp³-hybridized carbons (Fsp3) is 0.464. The molecule has 1 aliphatic carbocycles. The van der Waals surface area contributed by atoms with Gasteiger partial charge >= 0.3 is 0 Å². The van der Waals surface area contributed by atoms with Gasteiger partial charge in [-0.15, -0.1) is 0 Å². The van der Waals surface area contributed by atoms with Gasteiger partial charge in [-0.2, -0.15) is 5.26 Å². The molecule has 5 heteroatoms. The molecule has 1 aromatic carbocycles. The van der Waals surface area contributed by atoms with Crippen LogP contribution in [0, 0.1) is 17.2 Å². The van der Waals surface area contributed by atoms with E-state index in [1.165, 1.54) is 60.3 Å². The van der Waals surface area contributed by atoms with Gasteiger partial charge in [0, 0.05) is 37.5 Å². The number of rotatable bonds is 6. The monoisotopic (exact) mass is 442 g/mol. The predicted octanol–water partition coefficient (Wildman–Crippen LogP) is 5.13. The van der Waals surface area contributed by atoms with Gasteiger partial charge in [0.1, 0.15) is 12.4 Å². The van der Waals surface area contributed by atoms with Gasteiger partial charge in [-0.1, -0.05) is 30.7 Å². The molecule has 0 amide bonds. The van der Waals surface area contributed by atoms with E-state index in [-0.39, 0.29) is 5.92 Å². The summed E-state index contributed by atoms with van der Waals surface area (Å²) in [4.78, 5) is 2.51. The van der Waals surface area contributed by atoms with Crippen LogP contribution in [0.2, 0.25) is 0 Å². The van der Waals surface area contributed by atoms with E-state index in [4.69, 9.17) is 4.74 Å². The molecule has 0 radical (unpaired) electrons. The Morgan fingerprint density at radius 1 is 1.12 bits per heavy atom. The molecule has 172 valence electrons. The molecule has 0 saturated carbocycles. The van der Waals surface area contributed by atoms with E-state index < -0.39 is 0 Å². The van der Waals surface area contributed by atoms with Crippen LogP contribution >= 0.6 is 0 Å². The molecule has 5 rings (SSSR count). The van der Waals surface area contributed by atoms with E-state index in [0.29, 0.717) is 0 Å². The molecule has 3 heterocycles. The van der Waals surface area contributed by atoms with Gasteiger partial charge in [-0.25, -0.2) is 5.01 Å². The van der Waals surface area contributed by atoms with Gasteiger partial charge in [0.15, 0.2) is 0 Å². The molecule has 4 aliphatic rings. The van der Waals surface area contributed by atoms with Crippen molar-refractivity contribution < 1.29 is 4.74 Å². The lowest BCUT2D eigenvalue weighted by Crippen LogP contribution is -2.33. The maximum atomic E-state index is 9.26. The van der Waals surface area contributed by atoms with Crippen molar-refractivity contribution in [3.63, 3.8) is 0 Å². The summed E-state index contributed by atoms with van der Waals surface area (Å²) in [6.07, 6.45) is 15.6. The summed E-state index contributed by atoms with van der Waals surface area (Å²) in [5.74, 6) is 1.10. The number of allylic oxidation sites excluding steroid dienone is 4. The zero-order valence-electron chi connectivity index (χ0n) is 19.7. The number of fused-ring (bicyclic) bond motifs is 1. The van der Waals surface area contributed by atoms with Crippen LogP contribution in [-0.2, 0) is 0 Å². The average molecular weight is 443 g/mol. The molecule has 1 atom stereocenters. The lowest BCUT2D eigenvalue weighted by Gasteiger charge is -2.31. The van der Waals surface area contributed by atoms with Crippen LogP contribution in [0.5, 0.6) is 5.75 Å². The Hall–Kier alpha value is -2.81. The first-order chi connectivity index (χ1) is 16.2. The van der Waals surface area contributed by atoms with Crippen molar-refractivity contribution in [1.29, 1.82) is 5.26 Å². The highest BCUT2D eigenvalue weighted by Crippen LogP contribution is 2.41. The van der Waals surface area contributed by atoms with Gasteiger partial charge < -0.3 is 4.74 Å². The molecule has 1 saturated heterocycles. The largest absolute Gasteiger partial charge is 0.492 e.